The molecule has 0 fully saturated rings. The van der Waals surface area contributed by atoms with Gasteiger partial charge in [0.1, 0.15) is 0 Å². The molecule has 0 heterocycles. The molecule has 0 aromatic rings. The molecule has 0 aliphatic rings. The molecule has 4 nitrogen and oxygen atoms in total. The Morgan fingerprint density at radius 1 is 0.933 bits per heavy atom. The molecule has 15 heavy (non-hydrogen) atoms. The van der Waals surface area contributed by atoms with E-state index in [0.29, 0.717) is 13.2 Å². The standard InChI is InChI=1S/C10H23O4P/c1-3-5-7-8-10-14-15(11,12)13-9-6-4-2/h3-10H2,1-2H3,(H,11,12). The molecule has 0 aliphatic heterocycles. The predicted octanol–water partition coefficient (Wildman–Crippen LogP) is 3.50. The number of hydrogen-bond donors (Lipinski definition) is 1. The van der Waals surface area contributed by atoms with E-state index in [1.165, 1.54) is 0 Å². The summed E-state index contributed by atoms with van der Waals surface area (Å²) in [5, 5.41) is 0. The molecule has 0 amide bonds. The summed E-state index contributed by atoms with van der Waals surface area (Å²) in [7, 11) is -3.77. The Morgan fingerprint density at radius 3 is 2.00 bits per heavy atom. The van der Waals surface area contributed by atoms with Crippen LogP contribution in [0.5, 0.6) is 0 Å². The van der Waals surface area contributed by atoms with Gasteiger partial charge in [0.05, 0.1) is 13.2 Å². The van der Waals surface area contributed by atoms with Crippen molar-refractivity contribution in [3.8, 4) is 0 Å². The molecule has 0 aliphatic carbocycles. The maximum Gasteiger partial charge on any atom is 0.472 e. The van der Waals surface area contributed by atoms with Crippen LogP contribution in [-0.2, 0) is 13.6 Å². The molecular weight excluding hydrogens is 215 g/mol. The van der Waals surface area contributed by atoms with E-state index in [1.807, 2.05) is 6.92 Å². The van der Waals surface area contributed by atoms with Crippen molar-refractivity contribution < 1.29 is 18.5 Å². The molecule has 92 valence electrons. The first-order valence-corrected chi connectivity index (χ1v) is 7.23. The van der Waals surface area contributed by atoms with Crippen LogP contribution in [0.2, 0.25) is 0 Å². The van der Waals surface area contributed by atoms with Crippen LogP contribution in [0.15, 0.2) is 0 Å². The van der Waals surface area contributed by atoms with Crippen molar-refractivity contribution in [1.29, 1.82) is 0 Å². The molecule has 0 saturated carbocycles. The lowest BCUT2D eigenvalue weighted by atomic mass is 10.2. The number of phosphoric ester groups is 1. The Morgan fingerprint density at radius 2 is 1.47 bits per heavy atom. The Balaban J connectivity index is 3.43. The van der Waals surface area contributed by atoms with Gasteiger partial charge in [0.15, 0.2) is 0 Å². The smallest absolute Gasteiger partial charge is 0.302 e. The Hall–Kier alpha value is 0.110. The molecule has 1 unspecified atom stereocenters. The van der Waals surface area contributed by atoms with Crippen molar-refractivity contribution in [3.63, 3.8) is 0 Å². The number of unbranched alkanes of at least 4 members (excludes halogenated alkanes) is 4. The topological polar surface area (TPSA) is 55.8 Å². The van der Waals surface area contributed by atoms with E-state index < -0.39 is 7.82 Å². The second kappa shape index (κ2) is 9.34. The summed E-state index contributed by atoms with van der Waals surface area (Å²) in [5.41, 5.74) is 0. The zero-order valence-corrected chi connectivity index (χ0v) is 10.7. The van der Waals surface area contributed by atoms with E-state index in [2.05, 4.69) is 6.92 Å². The maximum absolute atomic E-state index is 11.2. The van der Waals surface area contributed by atoms with Crippen LogP contribution in [0.4, 0.5) is 0 Å². The molecule has 0 spiro atoms. The van der Waals surface area contributed by atoms with Crippen LogP contribution in [0.1, 0.15) is 52.4 Å². The van der Waals surface area contributed by atoms with E-state index in [9.17, 15) is 9.46 Å². The van der Waals surface area contributed by atoms with Crippen molar-refractivity contribution in [2.24, 2.45) is 0 Å². The van der Waals surface area contributed by atoms with Crippen molar-refractivity contribution in [2.75, 3.05) is 13.2 Å². The highest BCUT2D eigenvalue weighted by Gasteiger charge is 2.19. The van der Waals surface area contributed by atoms with Crippen LogP contribution >= 0.6 is 7.82 Å². The summed E-state index contributed by atoms with van der Waals surface area (Å²) in [5.74, 6) is 0. The van der Waals surface area contributed by atoms with Crippen molar-refractivity contribution in [3.05, 3.63) is 0 Å². The highest BCUT2D eigenvalue weighted by Crippen LogP contribution is 2.43. The summed E-state index contributed by atoms with van der Waals surface area (Å²) >= 11 is 0. The molecule has 0 radical (unpaired) electrons. The van der Waals surface area contributed by atoms with E-state index in [1.54, 1.807) is 0 Å². The van der Waals surface area contributed by atoms with Gasteiger partial charge in [-0.1, -0.05) is 39.5 Å². The lowest BCUT2D eigenvalue weighted by molar-refractivity contribution is 0.146. The first-order valence-electron chi connectivity index (χ1n) is 5.74. The molecule has 0 saturated heterocycles. The summed E-state index contributed by atoms with van der Waals surface area (Å²) in [4.78, 5) is 9.21. The average Bonchev–Trinajstić information content (AvgIpc) is 2.17. The first kappa shape index (κ1) is 15.1. The summed E-state index contributed by atoms with van der Waals surface area (Å²) in [6.07, 6.45) is 5.85. The first-order chi connectivity index (χ1) is 7.12. The lowest BCUT2D eigenvalue weighted by Gasteiger charge is -2.11. The number of phosphoric acid groups is 1. The third kappa shape index (κ3) is 10.4. The SMILES string of the molecule is CCCCCCOP(=O)(O)OCCCC. The maximum atomic E-state index is 11.2. The Kier molecular flexibility index (Phi) is 9.41. The third-order valence-electron chi connectivity index (χ3n) is 2.00. The molecule has 0 bridgehead atoms. The molecule has 0 aromatic carbocycles. The van der Waals surface area contributed by atoms with E-state index >= 15 is 0 Å². The fourth-order valence-corrected chi connectivity index (χ4v) is 1.86. The van der Waals surface area contributed by atoms with Gasteiger partial charge in [-0.3, -0.25) is 9.05 Å². The minimum Gasteiger partial charge on any atom is -0.302 e. The summed E-state index contributed by atoms with van der Waals surface area (Å²) < 4.78 is 20.8. The van der Waals surface area contributed by atoms with Crippen LogP contribution in [0.3, 0.4) is 0 Å². The van der Waals surface area contributed by atoms with E-state index in [4.69, 9.17) is 9.05 Å². The fourth-order valence-electron chi connectivity index (χ4n) is 1.07. The van der Waals surface area contributed by atoms with Crippen LogP contribution in [0.25, 0.3) is 0 Å². The Labute approximate surface area is 92.6 Å². The van der Waals surface area contributed by atoms with Gasteiger partial charge in [-0.15, -0.1) is 0 Å². The fraction of sp³-hybridized carbons (Fsp3) is 1.00. The molecule has 1 N–H and O–H groups in total. The second-order valence-electron chi connectivity index (χ2n) is 3.55. The molecule has 5 heteroatoms. The highest BCUT2D eigenvalue weighted by atomic mass is 31.2. The van der Waals surface area contributed by atoms with Crippen molar-refractivity contribution in [1.82, 2.24) is 0 Å². The zero-order valence-electron chi connectivity index (χ0n) is 9.78. The second-order valence-corrected chi connectivity index (χ2v) is 5.00. The number of rotatable bonds is 10. The largest absolute Gasteiger partial charge is 0.472 e. The highest BCUT2D eigenvalue weighted by molar-refractivity contribution is 7.47. The van der Waals surface area contributed by atoms with Crippen molar-refractivity contribution in [2.45, 2.75) is 52.4 Å². The van der Waals surface area contributed by atoms with Crippen molar-refractivity contribution >= 4 is 7.82 Å². The monoisotopic (exact) mass is 238 g/mol. The van der Waals surface area contributed by atoms with Crippen LogP contribution in [-0.4, -0.2) is 18.1 Å². The van der Waals surface area contributed by atoms with E-state index in [-0.39, 0.29) is 0 Å². The zero-order chi connectivity index (χ0) is 11.6. The Bertz CT molecular complexity index is 184. The van der Waals surface area contributed by atoms with E-state index in [0.717, 1.165) is 38.5 Å². The van der Waals surface area contributed by atoms with Gasteiger partial charge in [0.25, 0.3) is 0 Å². The predicted molar refractivity (Wildman–Crippen MR) is 60.8 cm³/mol. The van der Waals surface area contributed by atoms with Gasteiger partial charge in [-0.2, -0.15) is 0 Å². The van der Waals surface area contributed by atoms with Gasteiger partial charge < -0.3 is 4.89 Å². The molecule has 0 aromatic heterocycles. The molecular formula is C10H23O4P. The molecule has 0 rings (SSSR count). The van der Waals surface area contributed by atoms with Gasteiger partial charge in [0, 0.05) is 0 Å². The number of hydrogen-bond acceptors (Lipinski definition) is 3. The van der Waals surface area contributed by atoms with Gasteiger partial charge >= 0.3 is 7.82 Å². The van der Waals surface area contributed by atoms with Gasteiger partial charge in [0.2, 0.25) is 0 Å². The van der Waals surface area contributed by atoms with Gasteiger partial charge in [-0.05, 0) is 12.8 Å². The van der Waals surface area contributed by atoms with Gasteiger partial charge in [-0.25, -0.2) is 4.57 Å². The quantitative estimate of drug-likeness (QED) is 0.467. The summed E-state index contributed by atoms with van der Waals surface area (Å²) in [6.45, 7) is 4.71. The summed E-state index contributed by atoms with van der Waals surface area (Å²) in [6, 6.07) is 0. The molecule has 1 atom stereocenters. The third-order valence-corrected chi connectivity index (χ3v) is 3.02. The minimum absolute atomic E-state index is 0.291. The minimum atomic E-state index is -3.77. The lowest BCUT2D eigenvalue weighted by Crippen LogP contribution is -1.98. The normalized spacial score (nSPS) is 15.1. The average molecular weight is 238 g/mol. The van der Waals surface area contributed by atoms with Crippen LogP contribution in [0, 0.1) is 0 Å². The van der Waals surface area contributed by atoms with Crippen LogP contribution < -0.4 is 0 Å².